The molecule has 2 rings (SSSR count). The van der Waals surface area contributed by atoms with Crippen molar-refractivity contribution in [2.24, 2.45) is 0 Å². The van der Waals surface area contributed by atoms with E-state index in [-0.39, 0.29) is 0 Å². The maximum absolute atomic E-state index is 5.94. The molecular formula is C15H17BrClN3O. The molecule has 0 radical (unpaired) electrons. The lowest BCUT2D eigenvalue weighted by Crippen LogP contribution is -2.07. The van der Waals surface area contributed by atoms with E-state index in [0.29, 0.717) is 16.7 Å². The van der Waals surface area contributed by atoms with Crippen molar-refractivity contribution in [2.75, 3.05) is 11.9 Å². The maximum atomic E-state index is 5.94. The van der Waals surface area contributed by atoms with E-state index >= 15 is 0 Å². The van der Waals surface area contributed by atoms with Gasteiger partial charge in [0.2, 0.25) is 5.88 Å². The predicted octanol–water partition coefficient (Wildman–Crippen LogP) is 4.99. The van der Waals surface area contributed by atoms with E-state index in [4.69, 9.17) is 16.3 Å². The zero-order chi connectivity index (χ0) is 15.4. The molecule has 21 heavy (non-hydrogen) atoms. The van der Waals surface area contributed by atoms with Gasteiger partial charge in [0.05, 0.1) is 10.0 Å². The minimum absolute atomic E-state index is 0.556. The quantitative estimate of drug-likeness (QED) is 0.805. The third-order valence-electron chi connectivity index (χ3n) is 2.91. The molecule has 1 N–H and O–H groups in total. The molecule has 2 aromatic rings. The van der Waals surface area contributed by atoms with Crippen LogP contribution in [-0.4, -0.2) is 16.5 Å². The van der Waals surface area contributed by atoms with Crippen LogP contribution in [0.4, 0.5) is 5.82 Å². The van der Waals surface area contributed by atoms with Gasteiger partial charge in [-0.1, -0.05) is 18.5 Å². The third-order valence-corrected chi connectivity index (χ3v) is 3.76. The normalized spacial score (nSPS) is 10.5. The molecule has 0 aliphatic carbocycles. The van der Waals surface area contributed by atoms with Crippen molar-refractivity contribution < 1.29 is 4.74 Å². The van der Waals surface area contributed by atoms with Gasteiger partial charge < -0.3 is 10.1 Å². The number of nitrogens with one attached hydrogen (secondary N) is 1. The molecule has 1 heterocycles. The number of nitrogens with zero attached hydrogens (tertiary/aromatic N) is 2. The molecule has 0 aliphatic rings. The molecular weight excluding hydrogens is 354 g/mol. The van der Waals surface area contributed by atoms with Crippen molar-refractivity contribution >= 4 is 33.3 Å². The molecule has 0 amide bonds. The van der Waals surface area contributed by atoms with Crippen LogP contribution in [0, 0.1) is 6.92 Å². The molecule has 0 saturated heterocycles. The van der Waals surface area contributed by atoms with Crippen molar-refractivity contribution in [3.8, 4) is 11.6 Å². The molecule has 0 saturated carbocycles. The highest BCUT2D eigenvalue weighted by Gasteiger charge is 2.13. The molecule has 0 fully saturated rings. The SMILES string of the molecule is CCNc1nc(CC)nc(Oc2ccc(Cl)cc2Br)c1C. The minimum Gasteiger partial charge on any atom is -0.437 e. The highest BCUT2D eigenvalue weighted by Crippen LogP contribution is 2.33. The van der Waals surface area contributed by atoms with Crippen LogP contribution >= 0.6 is 27.5 Å². The van der Waals surface area contributed by atoms with Crippen LogP contribution in [0.15, 0.2) is 22.7 Å². The van der Waals surface area contributed by atoms with Crippen molar-refractivity contribution in [3.63, 3.8) is 0 Å². The van der Waals surface area contributed by atoms with Crippen LogP contribution < -0.4 is 10.1 Å². The Kier molecular flexibility index (Phi) is 5.42. The Morgan fingerprint density at radius 2 is 2.05 bits per heavy atom. The van der Waals surface area contributed by atoms with E-state index in [1.807, 2.05) is 26.8 Å². The molecule has 1 aromatic carbocycles. The number of ether oxygens (including phenoxy) is 1. The number of aryl methyl sites for hydroxylation is 1. The summed E-state index contributed by atoms with van der Waals surface area (Å²) in [6, 6.07) is 5.38. The van der Waals surface area contributed by atoms with Gasteiger partial charge in [-0.3, -0.25) is 0 Å². The molecule has 0 unspecified atom stereocenters. The second-order valence-corrected chi connectivity index (χ2v) is 5.77. The van der Waals surface area contributed by atoms with E-state index in [2.05, 4.69) is 31.2 Å². The van der Waals surface area contributed by atoms with E-state index in [1.54, 1.807) is 12.1 Å². The predicted molar refractivity (Wildman–Crippen MR) is 89.5 cm³/mol. The Balaban J connectivity index is 2.40. The van der Waals surface area contributed by atoms with Gasteiger partial charge in [-0.2, -0.15) is 4.98 Å². The van der Waals surface area contributed by atoms with Crippen LogP contribution in [0.2, 0.25) is 5.02 Å². The summed E-state index contributed by atoms with van der Waals surface area (Å²) >= 11 is 9.39. The summed E-state index contributed by atoms with van der Waals surface area (Å²) in [5.41, 5.74) is 0.885. The second kappa shape index (κ2) is 7.09. The maximum Gasteiger partial charge on any atom is 0.227 e. The van der Waals surface area contributed by atoms with Gasteiger partial charge in [-0.25, -0.2) is 4.98 Å². The lowest BCUT2D eigenvalue weighted by atomic mass is 10.3. The fraction of sp³-hybridized carbons (Fsp3) is 0.333. The lowest BCUT2D eigenvalue weighted by molar-refractivity contribution is 0.452. The van der Waals surface area contributed by atoms with Gasteiger partial charge in [-0.05, 0) is 48.0 Å². The summed E-state index contributed by atoms with van der Waals surface area (Å²) in [5.74, 6) is 2.78. The Bertz CT molecular complexity index is 649. The van der Waals surface area contributed by atoms with E-state index < -0.39 is 0 Å². The first-order chi connectivity index (χ1) is 10.0. The Labute approximate surface area is 138 Å². The first-order valence-electron chi connectivity index (χ1n) is 6.79. The molecule has 0 aliphatic heterocycles. The van der Waals surface area contributed by atoms with Gasteiger partial charge in [0, 0.05) is 18.0 Å². The fourth-order valence-corrected chi connectivity index (χ4v) is 2.56. The lowest BCUT2D eigenvalue weighted by Gasteiger charge is -2.14. The summed E-state index contributed by atoms with van der Waals surface area (Å²) in [4.78, 5) is 8.95. The van der Waals surface area contributed by atoms with Crippen LogP contribution in [0.25, 0.3) is 0 Å². The van der Waals surface area contributed by atoms with Crippen LogP contribution in [0.3, 0.4) is 0 Å². The molecule has 6 heteroatoms. The van der Waals surface area contributed by atoms with Crippen molar-refractivity contribution in [1.82, 2.24) is 9.97 Å². The number of rotatable bonds is 5. The standard InChI is InChI=1S/C15H17BrClN3O/c1-4-13-19-14(18-5-2)9(3)15(20-13)21-12-7-6-10(17)8-11(12)16/h6-8H,4-5H2,1-3H3,(H,18,19,20). The summed E-state index contributed by atoms with van der Waals surface area (Å²) in [5, 5.41) is 3.89. The summed E-state index contributed by atoms with van der Waals surface area (Å²) in [6.45, 7) is 6.79. The van der Waals surface area contributed by atoms with Crippen molar-refractivity contribution in [2.45, 2.75) is 27.2 Å². The molecule has 1 aromatic heterocycles. The average molecular weight is 371 g/mol. The summed E-state index contributed by atoms with van der Waals surface area (Å²) in [6.07, 6.45) is 0.747. The van der Waals surface area contributed by atoms with Gasteiger partial charge in [-0.15, -0.1) is 0 Å². The Hall–Kier alpha value is -1.33. The van der Waals surface area contributed by atoms with E-state index in [1.165, 1.54) is 0 Å². The minimum atomic E-state index is 0.556. The number of hydrogen-bond donors (Lipinski definition) is 1. The number of hydrogen-bond acceptors (Lipinski definition) is 4. The van der Waals surface area contributed by atoms with Gasteiger partial charge in [0.15, 0.2) is 0 Å². The van der Waals surface area contributed by atoms with E-state index in [9.17, 15) is 0 Å². The molecule has 112 valence electrons. The number of halogens is 2. The Morgan fingerprint density at radius 1 is 1.29 bits per heavy atom. The molecule has 0 atom stereocenters. The number of aromatic nitrogens is 2. The van der Waals surface area contributed by atoms with Crippen LogP contribution in [-0.2, 0) is 6.42 Å². The molecule has 4 nitrogen and oxygen atoms in total. The zero-order valence-electron chi connectivity index (χ0n) is 12.2. The first-order valence-corrected chi connectivity index (χ1v) is 7.96. The van der Waals surface area contributed by atoms with Crippen LogP contribution in [0.1, 0.15) is 25.2 Å². The average Bonchev–Trinajstić information content (AvgIpc) is 2.46. The van der Waals surface area contributed by atoms with E-state index in [0.717, 1.165) is 34.6 Å². The summed E-state index contributed by atoms with van der Waals surface area (Å²) < 4.78 is 6.72. The monoisotopic (exact) mass is 369 g/mol. The third kappa shape index (κ3) is 3.86. The highest BCUT2D eigenvalue weighted by molar-refractivity contribution is 9.10. The number of anilines is 1. The zero-order valence-corrected chi connectivity index (χ0v) is 14.5. The Morgan fingerprint density at radius 3 is 2.67 bits per heavy atom. The first kappa shape index (κ1) is 16.0. The van der Waals surface area contributed by atoms with Gasteiger partial charge >= 0.3 is 0 Å². The molecule has 0 bridgehead atoms. The number of benzene rings is 1. The fourth-order valence-electron chi connectivity index (χ4n) is 1.80. The van der Waals surface area contributed by atoms with Crippen LogP contribution in [0.5, 0.6) is 11.6 Å². The summed E-state index contributed by atoms with van der Waals surface area (Å²) in [7, 11) is 0. The molecule has 0 spiro atoms. The van der Waals surface area contributed by atoms with Gasteiger partial charge in [0.1, 0.15) is 17.4 Å². The highest BCUT2D eigenvalue weighted by atomic mass is 79.9. The van der Waals surface area contributed by atoms with Crippen molar-refractivity contribution in [3.05, 3.63) is 39.1 Å². The second-order valence-electron chi connectivity index (χ2n) is 4.48. The van der Waals surface area contributed by atoms with Crippen molar-refractivity contribution in [1.29, 1.82) is 0 Å². The van der Waals surface area contributed by atoms with Gasteiger partial charge in [0.25, 0.3) is 0 Å². The smallest absolute Gasteiger partial charge is 0.227 e. The topological polar surface area (TPSA) is 47.0 Å². The largest absolute Gasteiger partial charge is 0.437 e.